The third kappa shape index (κ3) is 4.44. The van der Waals surface area contributed by atoms with Gasteiger partial charge >= 0.3 is 0 Å². The molecule has 0 fully saturated rings. The Hall–Kier alpha value is -1.44. The molecule has 0 unspecified atom stereocenters. The molecule has 3 N–H and O–H groups in total. The Bertz CT molecular complexity index is 514. The topological polar surface area (TPSA) is 98.5 Å². The van der Waals surface area contributed by atoms with E-state index in [-0.39, 0.29) is 23.8 Å². The van der Waals surface area contributed by atoms with Gasteiger partial charge in [-0.15, -0.1) is 0 Å². The molecule has 18 heavy (non-hydrogen) atoms. The van der Waals surface area contributed by atoms with Gasteiger partial charge in [-0.3, -0.25) is 4.79 Å². The van der Waals surface area contributed by atoms with Gasteiger partial charge in [0.25, 0.3) is 0 Å². The lowest BCUT2D eigenvalue weighted by Crippen LogP contribution is -2.21. The zero-order valence-electron chi connectivity index (χ0n) is 10.0. The van der Waals surface area contributed by atoms with Crippen LogP contribution >= 0.6 is 0 Å². The van der Waals surface area contributed by atoms with E-state index in [4.69, 9.17) is 10.5 Å². The molecule has 0 aliphatic heterocycles. The fraction of sp³-hybridized carbons (Fsp3) is 0.364. The minimum Gasteiger partial charge on any atom is -0.370 e. The van der Waals surface area contributed by atoms with E-state index in [1.54, 1.807) is 12.1 Å². The van der Waals surface area contributed by atoms with Gasteiger partial charge in [0.1, 0.15) is 6.61 Å². The molecule has 1 aromatic rings. The van der Waals surface area contributed by atoms with Gasteiger partial charge in [0, 0.05) is 12.8 Å². The molecule has 0 aromatic heterocycles. The average molecular weight is 272 g/mol. The number of amides is 1. The number of hydrogen-bond acceptors (Lipinski definition) is 5. The summed E-state index contributed by atoms with van der Waals surface area (Å²) in [7, 11) is -3.38. The van der Waals surface area contributed by atoms with Crippen molar-refractivity contribution in [3.8, 4) is 0 Å². The number of hydrogen-bond donors (Lipinski definition) is 2. The van der Waals surface area contributed by atoms with Crippen molar-refractivity contribution in [2.45, 2.75) is 4.90 Å². The molecule has 1 aromatic carbocycles. The van der Waals surface area contributed by atoms with Gasteiger partial charge in [-0.2, -0.15) is 0 Å². The summed E-state index contributed by atoms with van der Waals surface area (Å²) in [4.78, 5) is 11.6. The molecular weight excluding hydrogens is 256 g/mol. The second-order valence-electron chi connectivity index (χ2n) is 3.66. The molecule has 1 amide bonds. The van der Waals surface area contributed by atoms with Crippen molar-refractivity contribution in [2.75, 3.05) is 31.3 Å². The zero-order chi connectivity index (χ0) is 13.6. The number of sulfone groups is 1. The normalized spacial score (nSPS) is 11.2. The van der Waals surface area contributed by atoms with Crippen LogP contribution in [0.5, 0.6) is 0 Å². The third-order valence-corrected chi connectivity index (χ3v) is 3.21. The van der Waals surface area contributed by atoms with Gasteiger partial charge in [0.2, 0.25) is 5.91 Å². The highest BCUT2D eigenvalue weighted by atomic mass is 32.2. The van der Waals surface area contributed by atoms with E-state index in [2.05, 4.69) is 5.32 Å². The van der Waals surface area contributed by atoms with E-state index in [1.807, 2.05) is 0 Å². The predicted octanol–water partition coefficient (Wildman–Crippen LogP) is 0.00390. The highest BCUT2D eigenvalue weighted by molar-refractivity contribution is 7.90. The predicted molar refractivity (Wildman–Crippen MR) is 68.1 cm³/mol. The Morgan fingerprint density at radius 2 is 2.06 bits per heavy atom. The summed E-state index contributed by atoms with van der Waals surface area (Å²) in [6.45, 7) is 0.448. The summed E-state index contributed by atoms with van der Waals surface area (Å²) in [5.74, 6) is -0.417. The molecule has 0 saturated heterocycles. The highest BCUT2D eigenvalue weighted by Crippen LogP contribution is 2.20. The Balaban J connectivity index is 2.76. The van der Waals surface area contributed by atoms with Crippen molar-refractivity contribution in [1.82, 2.24) is 0 Å². The highest BCUT2D eigenvalue weighted by Gasteiger charge is 2.14. The molecule has 1 rings (SSSR count). The van der Waals surface area contributed by atoms with E-state index < -0.39 is 15.7 Å². The third-order valence-electron chi connectivity index (χ3n) is 2.06. The first-order valence-corrected chi connectivity index (χ1v) is 7.21. The van der Waals surface area contributed by atoms with Gasteiger partial charge in [-0.1, -0.05) is 12.1 Å². The molecule has 7 heteroatoms. The number of ether oxygens (including phenoxy) is 1. The van der Waals surface area contributed by atoms with Crippen LogP contribution in [-0.4, -0.2) is 40.3 Å². The van der Waals surface area contributed by atoms with Crippen LogP contribution in [0, 0.1) is 0 Å². The monoisotopic (exact) mass is 272 g/mol. The number of rotatable bonds is 6. The Kier molecular flexibility index (Phi) is 5.26. The van der Waals surface area contributed by atoms with Gasteiger partial charge in [-0.25, -0.2) is 8.42 Å². The van der Waals surface area contributed by atoms with Crippen LogP contribution in [0.4, 0.5) is 5.69 Å². The molecule has 0 saturated carbocycles. The van der Waals surface area contributed by atoms with Crippen molar-refractivity contribution >= 4 is 21.4 Å². The lowest BCUT2D eigenvalue weighted by Gasteiger charge is -2.09. The van der Waals surface area contributed by atoms with Crippen molar-refractivity contribution < 1.29 is 17.9 Å². The van der Waals surface area contributed by atoms with Crippen LogP contribution in [0.15, 0.2) is 29.2 Å². The summed E-state index contributed by atoms with van der Waals surface area (Å²) in [5, 5.41) is 2.49. The summed E-state index contributed by atoms with van der Waals surface area (Å²) in [5.41, 5.74) is 5.46. The second kappa shape index (κ2) is 6.48. The van der Waals surface area contributed by atoms with E-state index in [9.17, 15) is 13.2 Å². The quantitative estimate of drug-likeness (QED) is 0.710. The van der Waals surface area contributed by atoms with Gasteiger partial charge < -0.3 is 15.8 Å². The number of nitrogens with two attached hydrogens (primary N) is 1. The number of carbonyl (C=O) groups is 1. The first kappa shape index (κ1) is 14.6. The Morgan fingerprint density at radius 1 is 1.39 bits per heavy atom. The molecule has 0 aliphatic carbocycles. The van der Waals surface area contributed by atoms with Crippen LogP contribution < -0.4 is 11.1 Å². The average Bonchev–Trinajstić information content (AvgIpc) is 2.28. The van der Waals surface area contributed by atoms with Crippen molar-refractivity contribution in [3.63, 3.8) is 0 Å². The molecule has 6 nitrogen and oxygen atoms in total. The maximum absolute atomic E-state index is 11.5. The molecule has 0 atom stereocenters. The summed E-state index contributed by atoms with van der Waals surface area (Å²) in [6, 6.07) is 6.20. The minimum atomic E-state index is -3.38. The zero-order valence-corrected chi connectivity index (χ0v) is 10.9. The smallest absolute Gasteiger partial charge is 0.250 e. The first-order valence-electron chi connectivity index (χ1n) is 5.32. The minimum absolute atomic E-state index is 0.0807. The second-order valence-corrected chi connectivity index (χ2v) is 5.64. The SMILES string of the molecule is CS(=O)(=O)c1ccccc1NC(=O)COCCN. The summed E-state index contributed by atoms with van der Waals surface area (Å²) >= 11 is 0. The van der Waals surface area contributed by atoms with E-state index >= 15 is 0 Å². The van der Waals surface area contributed by atoms with Gasteiger partial charge in [-0.05, 0) is 12.1 Å². The van der Waals surface area contributed by atoms with Gasteiger partial charge in [0.05, 0.1) is 17.2 Å². The number of nitrogens with one attached hydrogen (secondary N) is 1. The number of para-hydroxylation sites is 1. The maximum atomic E-state index is 11.5. The molecule has 100 valence electrons. The van der Waals surface area contributed by atoms with Crippen LogP contribution in [0.1, 0.15) is 0 Å². The van der Waals surface area contributed by atoms with E-state index in [0.29, 0.717) is 6.54 Å². The number of carbonyl (C=O) groups excluding carboxylic acids is 1. The number of anilines is 1. The molecule has 0 bridgehead atoms. The van der Waals surface area contributed by atoms with E-state index in [0.717, 1.165) is 6.26 Å². The number of benzene rings is 1. The summed E-state index contributed by atoms with van der Waals surface area (Å²) in [6.07, 6.45) is 1.09. The first-order chi connectivity index (χ1) is 8.45. The van der Waals surface area contributed by atoms with Crippen molar-refractivity contribution in [3.05, 3.63) is 24.3 Å². The molecule has 0 spiro atoms. The maximum Gasteiger partial charge on any atom is 0.250 e. The molecular formula is C11H16N2O4S. The van der Waals surface area contributed by atoms with E-state index in [1.165, 1.54) is 12.1 Å². The summed E-state index contributed by atoms with van der Waals surface area (Å²) < 4.78 is 27.9. The fourth-order valence-electron chi connectivity index (χ4n) is 1.33. The Morgan fingerprint density at radius 3 is 2.67 bits per heavy atom. The largest absolute Gasteiger partial charge is 0.370 e. The van der Waals surface area contributed by atoms with Crippen LogP contribution in [0.3, 0.4) is 0 Å². The molecule has 0 heterocycles. The van der Waals surface area contributed by atoms with Crippen molar-refractivity contribution in [2.24, 2.45) is 5.73 Å². The molecule has 0 aliphatic rings. The fourth-order valence-corrected chi connectivity index (χ4v) is 2.17. The standard InChI is InChI=1S/C11H16N2O4S/c1-18(15,16)10-5-3-2-4-9(10)13-11(14)8-17-7-6-12/h2-5H,6-8,12H2,1H3,(H,13,14). The van der Waals surface area contributed by atoms with Crippen molar-refractivity contribution in [1.29, 1.82) is 0 Å². The molecule has 0 radical (unpaired) electrons. The van der Waals surface area contributed by atoms with Crippen LogP contribution in [-0.2, 0) is 19.4 Å². The van der Waals surface area contributed by atoms with Gasteiger partial charge in [0.15, 0.2) is 9.84 Å². The van der Waals surface area contributed by atoms with Crippen LogP contribution in [0.2, 0.25) is 0 Å². The Labute approximate surface area is 106 Å². The lowest BCUT2D eigenvalue weighted by atomic mass is 10.3. The lowest BCUT2D eigenvalue weighted by molar-refractivity contribution is -0.120. The van der Waals surface area contributed by atoms with Crippen LogP contribution in [0.25, 0.3) is 0 Å².